The van der Waals surface area contributed by atoms with Gasteiger partial charge in [0.25, 0.3) is 11.6 Å². The summed E-state index contributed by atoms with van der Waals surface area (Å²) in [5, 5.41) is 19.5. The van der Waals surface area contributed by atoms with Crippen molar-refractivity contribution in [2.24, 2.45) is 0 Å². The number of carbonyl (C=O) groups excluding carboxylic acids is 2. The number of amides is 2. The molecule has 30 heavy (non-hydrogen) atoms. The van der Waals surface area contributed by atoms with Gasteiger partial charge in [-0.15, -0.1) is 0 Å². The fraction of sp³-hybridized carbons (Fsp3) is 0.158. The SMILES string of the molecule is Cc1cc(C(=O)NCCNC(=O)c2nc(-c3ccccc3F)no2)ccc1[N+](=O)[O-]. The van der Waals surface area contributed by atoms with Crippen LogP contribution in [0.1, 0.15) is 26.6 Å². The van der Waals surface area contributed by atoms with Crippen molar-refractivity contribution in [2.45, 2.75) is 6.92 Å². The van der Waals surface area contributed by atoms with Crippen LogP contribution in [-0.2, 0) is 0 Å². The Kier molecular flexibility index (Phi) is 6.11. The molecule has 1 aromatic heterocycles. The van der Waals surface area contributed by atoms with Crippen LogP contribution in [0.15, 0.2) is 47.0 Å². The van der Waals surface area contributed by atoms with Crippen molar-refractivity contribution >= 4 is 17.5 Å². The number of benzene rings is 2. The number of rotatable bonds is 7. The average Bonchev–Trinajstić information content (AvgIpc) is 3.21. The number of aromatic nitrogens is 2. The smallest absolute Gasteiger partial charge is 0.316 e. The molecule has 3 rings (SSSR count). The van der Waals surface area contributed by atoms with E-state index in [0.717, 1.165) is 0 Å². The summed E-state index contributed by atoms with van der Waals surface area (Å²) in [5.41, 5.74) is 0.651. The monoisotopic (exact) mass is 413 g/mol. The quantitative estimate of drug-likeness (QED) is 0.344. The molecule has 0 aliphatic rings. The van der Waals surface area contributed by atoms with Crippen LogP contribution in [0.2, 0.25) is 0 Å². The Hall–Kier alpha value is -4.15. The second kappa shape index (κ2) is 8.90. The first-order valence-corrected chi connectivity index (χ1v) is 8.77. The lowest BCUT2D eigenvalue weighted by Gasteiger charge is -2.06. The van der Waals surface area contributed by atoms with Gasteiger partial charge in [-0.1, -0.05) is 17.3 Å². The lowest BCUT2D eigenvalue weighted by molar-refractivity contribution is -0.385. The minimum atomic E-state index is -0.675. The number of nitrogens with one attached hydrogen (secondary N) is 2. The summed E-state index contributed by atoms with van der Waals surface area (Å²) in [6.45, 7) is 1.69. The molecule has 0 aliphatic heterocycles. The van der Waals surface area contributed by atoms with Crippen molar-refractivity contribution in [1.82, 2.24) is 20.8 Å². The van der Waals surface area contributed by atoms with Crippen molar-refractivity contribution in [3.05, 3.63) is 75.4 Å². The molecule has 0 fully saturated rings. The molecule has 2 N–H and O–H groups in total. The number of hydrogen-bond acceptors (Lipinski definition) is 7. The minimum Gasteiger partial charge on any atom is -0.350 e. The molecule has 0 saturated heterocycles. The van der Waals surface area contributed by atoms with E-state index in [4.69, 9.17) is 4.52 Å². The van der Waals surface area contributed by atoms with Gasteiger partial charge in [0.1, 0.15) is 5.82 Å². The fourth-order valence-corrected chi connectivity index (χ4v) is 2.60. The van der Waals surface area contributed by atoms with Gasteiger partial charge in [-0.3, -0.25) is 19.7 Å². The Bertz CT molecular complexity index is 1110. The van der Waals surface area contributed by atoms with Crippen LogP contribution in [0.4, 0.5) is 10.1 Å². The molecule has 2 amide bonds. The van der Waals surface area contributed by atoms with Gasteiger partial charge in [0, 0.05) is 30.3 Å². The predicted molar refractivity (Wildman–Crippen MR) is 102 cm³/mol. The highest BCUT2D eigenvalue weighted by molar-refractivity contribution is 5.94. The Morgan fingerprint density at radius 2 is 1.83 bits per heavy atom. The first-order valence-electron chi connectivity index (χ1n) is 8.77. The highest BCUT2D eigenvalue weighted by Gasteiger charge is 2.18. The largest absolute Gasteiger partial charge is 0.350 e. The lowest BCUT2D eigenvalue weighted by atomic mass is 10.1. The van der Waals surface area contributed by atoms with Crippen molar-refractivity contribution in [1.29, 1.82) is 0 Å². The number of nitro groups is 1. The zero-order chi connectivity index (χ0) is 21.7. The van der Waals surface area contributed by atoms with E-state index in [1.165, 1.54) is 43.3 Å². The Morgan fingerprint density at radius 3 is 2.50 bits per heavy atom. The normalized spacial score (nSPS) is 10.5. The van der Waals surface area contributed by atoms with Crippen LogP contribution in [-0.4, -0.2) is 40.0 Å². The van der Waals surface area contributed by atoms with Gasteiger partial charge in [0.15, 0.2) is 0 Å². The molecule has 0 radical (unpaired) electrons. The summed E-state index contributed by atoms with van der Waals surface area (Å²) in [6, 6.07) is 9.82. The zero-order valence-electron chi connectivity index (χ0n) is 15.7. The van der Waals surface area contributed by atoms with Crippen LogP contribution >= 0.6 is 0 Å². The molecule has 0 bridgehead atoms. The molecular weight excluding hydrogens is 397 g/mol. The molecular formula is C19H16FN5O5. The summed E-state index contributed by atoms with van der Waals surface area (Å²) in [6.07, 6.45) is 0. The lowest BCUT2D eigenvalue weighted by Crippen LogP contribution is -2.34. The number of carbonyl (C=O) groups is 2. The van der Waals surface area contributed by atoms with Gasteiger partial charge < -0.3 is 15.2 Å². The van der Waals surface area contributed by atoms with Gasteiger partial charge in [-0.2, -0.15) is 4.98 Å². The molecule has 10 nitrogen and oxygen atoms in total. The molecule has 2 aromatic carbocycles. The van der Waals surface area contributed by atoms with E-state index in [0.29, 0.717) is 5.56 Å². The average molecular weight is 413 g/mol. The number of nitrogens with zero attached hydrogens (tertiary/aromatic N) is 3. The number of aryl methyl sites for hydroxylation is 1. The standard InChI is InChI=1S/C19H16FN5O5/c1-11-10-12(6-7-15(11)25(28)29)17(26)21-8-9-22-18(27)19-23-16(24-30-19)13-4-2-3-5-14(13)20/h2-7,10H,8-9H2,1H3,(H,21,26)(H,22,27). The van der Waals surface area contributed by atoms with Crippen molar-refractivity contribution in [3.63, 3.8) is 0 Å². The van der Waals surface area contributed by atoms with Gasteiger partial charge in [0.2, 0.25) is 5.82 Å². The number of nitro benzene ring substituents is 1. The molecule has 0 saturated carbocycles. The first kappa shape index (κ1) is 20.6. The first-order chi connectivity index (χ1) is 14.4. The molecule has 0 spiro atoms. The third-order valence-electron chi connectivity index (χ3n) is 4.09. The third kappa shape index (κ3) is 4.63. The summed E-state index contributed by atoms with van der Waals surface area (Å²) in [4.78, 5) is 38.3. The van der Waals surface area contributed by atoms with E-state index >= 15 is 0 Å². The summed E-state index contributed by atoms with van der Waals surface area (Å²) in [5.74, 6) is -2.06. The van der Waals surface area contributed by atoms with E-state index in [9.17, 15) is 24.1 Å². The van der Waals surface area contributed by atoms with Crippen LogP contribution in [0.25, 0.3) is 11.4 Å². The maximum absolute atomic E-state index is 13.7. The Morgan fingerprint density at radius 1 is 1.13 bits per heavy atom. The number of halogens is 1. The molecule has 3 aromatic rings. The number of hydrogen-bond donors (Lipinski definition) is 2. The van der Waals surface area contributed by atoms with E-state index < -0.39 is 22.6 Å². The minimum absolute atomic E-state index is 0.0555. The maximum atomic E-state index is 13.7. The second-order valence-electron chi connectivity index (χ2n) is 6.17. The van der Waals surface area contributed by atoms with Crippen molar-refractivity contribution in [2.75, 3.05) is 13.1 Å². The van der Waals surface area contributed by atoms with Crippen LogP contribution in [0, 0.1) is 22.9 Å². The van der Waals surface area contributed by atoms with Gasteiger partial charge in [-0.05, 0) is 31.2 Å². The maximum Gasteiger partial charge on any atom is 0.316 e. The van der Waals surface area contributed by atoms with E-state index in [2.05, 4.69) is 20.8 Å². The highest BCUT2D eigenvalue weighted by atomic mass is 19.1. The summed E-state index contributed by atoms with van der Waals surface area (Å²) in [7, 11) is 0. The van der Waals surface area contributed by atoms with Crippen LogP contribution < -0.4 is 10.6 Å². The molecule has 1 heterocycles. The fourth-order valence-electron chi connectivity index (χ4n) is 2.60. The summed E-state index contributed by atoms with van der Waals surface area (Å²) >= 11 is 0. The molecule has 154 valence electrons. The zero-order valence-corrected chi connectivity index (χ0v) is 15.7. The van der Waals surface area contributed by atoms with E-state index in [-0.39, 0.29) is 41.6 Å². The van der Waals surface area contributed by atoms with Gasteiger partial charge in [0.05, 0.1) is 10.5 Å². The molecule has 11 heteroatoms. The highest BCUT2D eigenvalue weighted by Crippen LogP contribution is 2.19. The van der Waals surface area contributed by atoms with Crippen molar-refractivity contribution in [3.8, 4) is 11.4 Å². The molecule has 0 unspecified atom stereocenters. The molecule has 0 atom stereocenters. The molecule has 0 aliphatic carbocycles. The van der Waals surface area contributed by atoms with Crippen LogP contribution in [0.5, 0.6) is 0 Å². The summed E-state index contributed by atoms with van der Waals surface area (Å²) < 4.78 is 18.6. The Labute approximate surface area is 169 Å². The van der Waals surface area contributed by atoms with Gasteiger partial charge in [-0.25, -0.2) is 4.39 Å². The van der Waals surface area contributed by atoms with Crippen molar-refractivity contribution < 1.29 is 23.4 Å². The third-order valence-corrected chi connectivity index (χ3v) is 4.09. The van der Waals surface area contributed by atoms with Gasteiger partial charge >= 0.3 is 11.8 Å². The van der Waals surface area contributed by atoms with E-state index in [1.54, 1.807) is 6.07 Å². The van der Waals surface area contributed by atoms with E-state index in [1.807, 2.05) is 0 Å². The predicted octanol–water partition coefficient (Wildman–Crippen LogP) is 2.25. The second-order valence-corrected chi connectivity index (χ2v) is 6.17. The topological polar surface area (TPSA) is 140 Å². The Balaban J connectivity index is 1.50. The van der Waals surface area contributed by atoms with Crippen LogP contribution in [0.3, 0.4) is 0 Å².